The van der Waals surface area contributed by atoms with Gasteiger partial charge >= 0.3 is 5.97 Å². The monoisotopic (exact) mass is 235 g/mol. The molecule has 0 amide bonds. The van der Waals surface area contributed by atoms with Crippen LogP contribution in [0.4, 0.5) is 0 Å². The molecule has 4 heteroatoms. The number of hydrogen-bond acceptors (Lipinski definition) is 3. The van der Waals surface area contributed by atoms with Gasteiger partial charge in [-0.1, -0.05) is 24.3 Å². The van der Waals surface area contributed by atoms with Crippen LogP contribution in [0.2, 0.25) is 0 Å². The van der Waals surface area contributed by atoms with Gasteiger partial charge in [0.25, 0.3) is 0 Å². The third-order valence-corrected chi connectivity index (χ3v) is 3.25. The number of rotatable bonds is 4. The standard InChI is InChI=1S/C13H17NO3/c1-17-8-9-2-4-10(5-3-9)11-6-14-7-12(11)13(15)16/h2-5,11-12,14H,6-8H2,1H3,(H,15,16)/t11-,12-/m1/s1. The number of aliphatic carboxylic acids is 1. The van der Waals surface area contributed by atoms with Gasteiger partial charge in [-0.25, -0.2) is 0 Å². The summed E-state index contributed by atoms with van der Waals surface area (Å²) in [4.78, 5) is 11.1. The van der Waals surface area contributed by atoms with Gasteiger partial charge in [-0.2, -0.15) is 0 Å². The van der Waals surface area contributed by atoms with E-state index in [0.29, 0.717) is 13.2 Å². The number of carboxylic acid groups (broad SMARTS) is 1. The van der Waals surface area contributed by atoms with Crippen molar-refractivity contribution >= 4 is 5.97 Å². The molecule has 17 heavy (non-hydrogen) atoms. The van der Waals surface area contributed by atoms with Gasteiger partial charge in [0, 0.05) is 26.1 Å². The Labute approximate surface area is 101 Å². The lowest BCUT2D eigenvalue weighted by molar-refractivity contribution is -0.141. The van der Waals surface area contributed by atoms with Crippen molar-refractivity contribution in [2.45, 2.75) is 12.5 Å². The van der Waals surface area contributed by atoms with Crippen molar-refractivity contribution in [3.63, 3.8) is 0 Å². The molecule has 2 atom stereocenters. The maximum atomic E-state index is 11.1. The summed E-state index contributed by atoms with van der Waals surface area (Å²) in [5.74, 6) is -0.965. The molecule has 1 aliphatic heterocycles. The Bertz CT molecular complexity index is 388. The Kier molecular flexibility index (Phi) is 3.76. The van der Waals surface area contributed by atoms with E-state index >= 15 is 0 Å². The molecule has 1 heterocycles. The van der Waals surface area contributed by atoms with Gasteiger partial charge in [-0.3, -0.25) is 4.79 Å². The van der Waals surface area contributed by atoms with Gasteiger partial charge in [0.2, 0.25) is 0 Å². The van der Waals surface area contributed by atoms with Crippen molar-refractivity contribution < 1.29 is 14.6 Å². The summed E-state index contributed by atoms with van der Waals surface area (Å²) in [6, 6.07) is 8.00. The number of hydrogen-bond donors (Lipinski definition) is 2. The summed E-state index contributed by atoms with van der Waals surface area (Å²) in [6.45, 7) is 1.88. The fourth-order valence-corrected chi connectivity index (χ4v) is 2.32. The molecule has 2 N–H and O–H groups in total. The number of carboxylic acids is 1. The fourth-order valence-electron chi connectivity index (χ4n) is 2.32. The number of ether oxygens (including phenoxy) is 1. The van der Waals surface area contributed by atoms with Gasteiger partial charge in [0.1, 0.15) is 0 Å². The van der Waals surface area contributed by atoms with Crippen molar-refractivity contribution in [3.05, 3.63) is 35.4 Å². The van der Waals surface area contributed by atoms with Crippen LogP contribution < -0.4 is 5.32 Å². The van der Waals surface area contributed by atoms with Crippen LogP contribution in [0.5, 0.6) is 0 Å². The molecule has 0 aromatic heterocycles. The zero-order valence-corrected chi connectivity index (χ0v) is 9.85. The SMILES string of the molecule is COCc1ccc([C@H]2CNC[C@H]2C(=O)O)cc1. The normalized spacial score (nSPS) is 23.8. The first-order valence-electron chi connectivity index (χ1n) is 5.73. The second-order valence-corrected chi connectivity index (χ2v) is 4.38. The highest BCUT2D eigenvalue weighted by atomic mass is 16.5. The van der Waals surface area contributed by atoms with E-state index in [-0.39, 0.29) is 11.8 Å². The van der Waals surface area contributed by atoms with E-state index in [1.165, 1.54) is 0 Å². The predicted molar refractivity (Wildman–Crippen MR) is 63.9 cm³/mol. The van der Waals surface area contributed by atoms with Gasteiger partial charge in [0.05, 0.1) is 12.5 Å². The number of methoxy groups -OCH3 is 1. The quantitative estimate of drug-likeness (QED) is 0.824. The molecule has 1 aromatic rings. The van der Waals surface area contributed by atoms with E-state index in [9.17, 15) is 4.79 Å². The molecular formula is C13H17NO3. The first-order chi connectivity index (χ1) is 8.22. The van der Waals surface area contributed by atoms with Crippen molar-refractivity contribution in [1.29, 1.82) is 0 Å². The lowest BCUT2D eigenvalue weighted by Crippen LogP contribution is -2.20. The van der Waals surface area contributed by atoms with Gasteiger partial charge < -0.3 is 15.2 Å². The Balaban J connectivity index is 2.13. The van der Waals surface area contributed by atoms with E-state index in [4.69, 9.17) is 9.84 Å². The first-order valence-corrected chi connectivity index (χ1v) is 5.73. The highest BCUT2D eigenvalue weighted by Crippen LogP contribution is 2.28. The van der Waals surface area contributed by atoms with E-state index < -0.39 is 5.97 Å². The molecule has 4 nitrogen and oxygen atoms in total. The van der Waals surface area contributed by atoms with Crippen LogP contribution in [0, 0.1) is 5.92 Å². The van der Waals surface area contributed by atoms with E-state index in [1.807, 2.05) is 24.3 Å². The second-order valence-electron chi connectivity index (χ2n) is 4.38. The molecular weight excluding hydrogens is 218 g/mol. The van der Waals surface area contributed by atoms with Crippen LogP contribution in [0.25, 0.3) is 0 Å². The molecule has 2 rings (SSSR count). The Morgan fingerprint density at radius 3 is 2.71 bits per heavy atom. The molecule has 92 valence electrons. The smallest absolute Gasteiger partial charge is 0.308 e. The van der Waals surface area contributed by atoms with Crippen LogP contribution in [0.3, 0.4) is 0 Å². The average molecular weight is 235 g/mol. The lowest BCUT2D eigenvalue weighted by Gasteiger charge is -2.15. The molecule has 0 aliphatic carbocycles. The minimum absolute atomic E-state index is 0.0732. The van der Waals surface area contributed by atoms with Gasteiger partial charge in [0.15, 0.2) is 0 Å². The van der Waals surface area contributed by atoms with Crippen LogP contribution in [0.1, 0.15) is 17.0 Å². The molecule has 0 saturated carbocycles. The van der Waals surface area contributed by atoms with Crippen LogP contribution in [0.15, 0.2) is 24.3 Å². The first kappa shape index (κ1) is 12.1. The van der Waals surface area contributed by atoms with Crippen molar-refractivity contribution in [1.82, 2.24) is 5.32 Å². The van der Waals surface area contributed by atoms with Crippen molar-refractivity contribution in [2.24, 2.45) is 5.92 Å². The van der Waals surface area contributed by atoms with E-state index in [2.05, 4.69) is 5.32 Å². The highest BCUT2D eigenvalue weighted by molar-refractivity contribution is 5.72. The second kappa shape index (κ2) is 5.29. The maximum Gasteiger partial charge on any atom is 0.308 e. The zero-order valence-electron chi connectivity index (χ0n) is 9.85. The topological polar surface area (TPSA) is 58.6 Å². The largest absolute Gasteiger partial charge is 0.481 e. The third-order valence-electron chi connectivity index (χ3n) is 3.25. The molecule has 0 radical (unpaired) electrons. The minimum Gasteiger partial charge on any atom is -0.481 e. The summed E-state index contributed by atoms with van der Waals surface area (Å²) < 4.78 is 5.05. The molecule has 0 spiro atoms. The van der Waals surface area contributed by atoms with Crippen molar-refractivity contribution in [3.8, 4) is 0 Å². The maximum absolute atomic E-state index is 11.1. The lowest BCUT2D eigenvalue weighted by atomic mass is 9.88. The zero-order chi connectivity index (χ0) is 12.3. The average Bonchev–Trinajstić information content (AvgIpc) is 2.79. The molecule has 1 saturated heterocycles. The molecule has 0 unspecified atom stereocenters. The predicted octanol–water partition coefficient (Wildman–Crippen LogP) is 1.22. The van der Waals surface area contributed by atoms with Gasteiger partial charge in [-0.15, -0.1) is 0 Å². The van der Waals surface area contributed by atoms with Gasteiger partial charge in [-0.05, 0) is 11.1 Å². The number of benzene rings is 1. The molecule has 1 aromatic carbocycles. The van der Waals surface area contributed by atoms with E-state index in [0.717, 1.165) is 17.7 Å². The Morgan fingerprint density at radius 2 is 2.12 bits per heavy atom. The van der Waals surface area contributed by atoms with E-state index in [1.54, 1.807) is 7.11 Å². The number of carbonyl (C=O) groups is 1. The molecule has 1 fully saturated rings. The summed E-state index contributed by atoms with van der Waals surface area (Å²) in [5, 5.41) is 12.3. The Hall–Kier alpha value is -1.39. The van der Waals surface area contributed by atoms with Crippen LogP contribution in [-0.2, 0) is 16.1 Å². The molecule has 0 bridgehead atoms. The summed E-state index contributed by atoms with van der Waals surface area (Å²) in [6.07, 6.45) is 0. The third kappa shape index (κ3) is 2.65. The van der Waals surface area contributed by atoms with Crippen molar-refractivity contribution in [2.75, 3.05) is 20.2 Å². The molecule has 1 aliphatic rings. The number of nitrogens with one attached hydrogen (secondary N) is 1. The summed E-state index contributed by atoms with van der Waals surface area (Å²) in [7, 11) is 1.66. The minimum atomic E-state index is -0.721. The summed E-state index contributed by atoms with van der Waals surface area (Å²) in [5.41, 5.74) is 2.19. The highest BCUT2D eigenvalue weighted by Gasteiger charge is 2.33. The van der Waals surface area contributed by atoms with Crippen LogP contribution in [-0.4, -0.2) is 31.3 Å². The fraction of sp³-hybridized carbons (Fsp3) is 0.462. The Morgan fingerprint density at radius 1 is 1.41 bits per heavy atom. The van der Waals surface area contributed by atoms with Crippen LogP contribution >= 0.6 is 0 Å². The summed E-state index contributed by atoms with van der Waals surface area (Å²) >= 11 is 0.